The van der Waals surface area contributed by atoms with Gasteiger partial charge in [-0.05, 0) is 0 Å². The molecule has 0 saturated heterocycles. The van der Waals surface area contributed by atoms with Crippen LogP contribution >= 0.6 is 0 Å². The molecule has 33 heavy (non-hydrogen) atoms. The maximum absolute atomic E-state index is 4.90. The van der Waals surface area contributed by atoms with Crippen molar-refractivity contribution in [1.82, 2.24) is 19.9 Å². The van der Waals surface area contributed by atoms with Crippen LogP contribution in [0.25, 0.3) is 44.4 Å². The first kappa shape index (κ1) is 21.4. The molecule has 0 amide bonds. The Labute approximate surface area is 218 Å². The van der Waals surface area contributed by atoms with Crippen LogP contribution in [-0.2, 0) is 0 Å². The fourth-order valence-corrected chi connectivity index (χ4v) is 7.15. The summed E-state index contributed by atoms with van der Waals surface area (Å²) in [7, 11) is 0. The number of rotatable bonds is 4. The summed E-state index contributed by atoms with van der Waals surface area (Å²) in [4.78, 5) is 16.6. The Bertz CT molecular complexity index is 1510. The summed E-state index contributed by atoms with van der Waals surface area (Å²) in [6.07, 6.45) is 1.96. The second kappa shape index (κ2) is 8.29. The van der Waals surface area contributed by atoms with Crippen molar-refractivity contribution in [3.8, 4) is 33.6 Å². The van der Waals surface area contributed by atoms with E-state index in [0.717, 1.165) is 17.3 Å². The van der Waals surface area contributed by atoms with Gasteiger partial charge in [0.1, 0.15) is 0 Å². The van der Waals surface area contributed by atoms with Crippen LogP contribution < -0.4 is 0.193 Å². The van der Waals surface area contributed by atoms with Crippen molar-refractivity contribution >= 4 is 11.0 Å². The maximum atomic E-state index is 4.90. The van der Waals surface area contributed by atoms with Crippen LogP contribution in [0.1, 0.15) is 51.2 Å². The predicted octanol–water partition coefficient (Wildman–Crippen LogP) is 5.88. The van der Waals surface area contributed by atoms with E-state index in [4.69, 9.17) is 4.98 Å². The van der Waals surface area contributed by atoms with Crippen LogP contribution in [0.4, 0.5) is 0 Å². The summed E-state index contributed by atoms with van der Waals surface area (Å²) in [5, 5.41) is 2.51. The molecule has 2 N–H and O–H groups in total. The minimum atomic E-state index is -0.0239. The van der Waals surface area contributed by atoms with Crippen LogP contribution in [0, 0.1) is 44.2 Å². The van der Waals surface area contributed by atoms with Gasteiger partial charge in [-0.25, -0.2) is 0 Å². The molecule has 3 aromatic carbocycles. The number of nitrogens with one attached hydrogen (secondary N) is 2. The first-order valence-corrected chi connectivity index (χ1v) is 13.5. The summed E-state index contributed by atoms with van der Waals surface area (Å²) in [6.45, 7) is 8.70. The molecule has 5 aromatic rings. The molecule has 0 unspecified atom stereocenters. The standard InChI is InChI=1S/C28H26N4Xe/c1-15(2)26-29-14-23(30-26)21-12-11-18(19-7-5-6-8-20(19)21)17-9-10-22-24(13-17)33-28-25(22)31-27(32-28)16(3)4/h5-16H,1-4H3,(H,29,30)(H,31,32). The van der Waals surface area contributed by atoms with Crippen molar-refractivity contribution in [3.63, 3.8) is 0 Å². The number of aromatic nitrogens is 4. The number of aromatic amines is 2. The second-order valence-corrected chi connectivity index (χ2v) is 11.8. The molecule has 2 aromatic heterocycles. The van der Waals surface area contributed by atoms with E-state index < -0.39 is 0 Å². The number of fused-ring (bicyclic) bond motifs is 4. The van der Waals surface area contributed by atoms with E-state index in [1.54, 1.807) is 0 Å². The Hall–Kier alpha value is -2.09. The number of H-pyrrole nitrogens is 2. The Morgan fingerprint density at radius 1 is 0.758 bits per heavy atom. The van der Waals surface area contributed by atoms with E-state index in [0.29, 0.717) is 11.8 Å². The molecular weight excluding hydrogens is 524 g/mol. The molecule has 6 rings (SSSR count). The Morgan fingerprint density at radius 2 is 1.45 bits per heavy atom. The van der Waals surface area contributed by atoms with E-state index in [1.165, 1.54) is 38.9 Å². The molecule has 0 radical (unpaired) electrons. The van der Waals surface area contributed by atoms with E-state index in [1.807, 2.05) is 6.20 Å². The molecule has 0 bridgehead atoms. The van der Waals surface area contributed by atoms with Gasteiger partial charge in [-0.1, -0.05) is 0 Å². The quantitative estimate of drug-likeness (QED) is 0.288. The van der Waals surface area contributed by atoms with Gasteiger partial charge in [0.25, 0.3) is 0 Å². The molecule has 1 aliphatic heterocycles. The molecule has 0 spiro atoms. The van der Waals surface area contributed by atoms with Crippen LogP contribution in [0.3, 0.4) is 0 Å². The number of hydrogen-bond donors (Lipinski definition) is 2. The zero-order valence-electron chi connectivity index (χ0n) is 19.2. The fourth-order valence-electron chi connectivity index (χ4n) is 4.46. The number of benzene rings is 3. The van der Waals surface area contributed by atoms with E-state index in [9.17, 15) is 0 Å². The van der Waals surface area contributed by atoms with Gasteiger partial charge in [0, 0.05) is 0 Å². The van der Waals surface area contributed by atoms with Crippen LogP contribution in [0.2, 0.25) is 0 Å². The van der Waals surface area contributed by atoms with Gasteiger partial charge in [-0.3, -0.25) is 0 Å². The minimum absolute atomic E-state index is 0.0239. The summed E-state index contributed by atoms with van der Waals surface area (Å²) in [5.74, 6) is 2.93. The molecule has 0 atom stereocenters. The van der Waals surface area contributed by atoms with Crippen molar-refractivity contribution in [1.29, 1.82) is 0 Å². The zero-order valence-corrected chi connectivity index (χ0v) is 21.2. The Kier molecular flexibility index (Phi) is 5.39. The zero-order chi connectivity index (χ0) is 22.7. The van der Waals surface area contributed by atoms with E-state index in [-0.39, 0.29) is 44.2 Å². The topological polar surface area (TPSA) is 57.4 Å². The average molecular weight is 550 g/mol. The first-order valence-electron chi connectivity index (χ1n) is 11.4. The molecule has 0 fully saturated rings. The van der Waals surface area contributed by atoms with Crippen molar-refractivity contribution in [3.05, 3.63) is 72.4 Å². The third kappa shape index (κ3) is 3.65. The first-order chi connectivity index (χ1) is 16.0. The molecule has 3 heterocycles. The monoisotopic (exact) mass is 550 g/mol. The Morgan fingerprint density at radius 3 is 2.18 bits per heavy atom. The summed E-state index contributed by atoms with van der Waals surface area (Å²) in [5.41, 5.74) is 7.28. The molecular formula is C28H26N4Xe. The fraction of sp³-hybridized carbons (Fsp3) is 0.214. The Balaban J connectivity index is 1.44. The normalized spacial score (nSPS) is 12.9. The molecule has 5 heteroatoms. The predicted molar refractivity (Wildman–Crippen MR) is 132 cm³/mol. The second-order valence-electron chi connectivity index (χ2n) is 9.24. The van der Waals surface area contributed by atoms with Gasteiger partial charge in [0.2, 0.25) is 0 Å². The molecule has 0 saturated carbocycles. The van der Waals surface area contributed by atoms with Crippen LogP contribution in [0.15, 0.2) is 60.8 Å². The van der Waals surface area contributed by atoms with E-state index in [2.05, 4.69) is 97.2 Å². The van der Waals surface area contributed by atoms with Crippen molar-refractivity contribution in [2.24, 2.45) is 0 Å². The van der Waals surface area contributed by atoms with Gasteiger partial charge >= 0.3 is 221 Å². The van der Waals surface area contributed by atoms with Crippen LogP contribution in [-0.4, -0.2) is 19.9 Å². The number of hydrogen-bond acceptors (Lipinski definition) is 2. The van der Waals surface area contributed by atoms with Gasteiger partial charge in [-0.15, -0.1) is 0 Å². The summed E-state index contributed by atoms with van der Waals surface area (Å²) in [6, 6.07) is 20.1. The van der Waals surface area contributed by atoms with Gasteiger partial charge in [-0.2, -0.15) is 0 Å². The van der Waals surface area contributed by atoms with Crippen molar-refractivity contribution < 1.29 is 44.2 Å². The molecule has 166 valence electrons. The van der Waals surface area contributed by atoms with Crippen molar-refractivity contribution in [2.75, 3.05) is 0 Å². The number of imidazole rings is 2. The number of nitrogens with zero attached hydrogens (tertiary/aromatic N) is 2. The average Bonchev–Trinajstić information content (AvgIpc) is 3.52. The van der Waals surface area contributed by atoms with Gasteiger partial charge < -0.3 is 0 Å². The van der Waals surface area contributed by atoms with E-state index >= 15 is 0 Å². The summed E-state index contributed by atoms with van der Waals surface area (Å²) < 4.78 is 2.77. The van der Waals surface area contributed by atoms with Gasteiger partial charge in [0.15, 0.2) is 0 Å². The summed E-state index contributed by atoms with van der Waals surface area (Å²) >= 11 is -0.0239. The SMILES string of the molecule is CC(C)c1ncc(-c2ccc(-c3ccc4c(c3)[Xe]c3[nH]c(C(C)C)nc3-4)c3ccccc23)[nH]1. The van der Waals surface area contributed by atoms with Gasteiger partial charge in [0.05, 0.1) is 0 Å². The molecule has 4 nitrogen and oxygen atoms in total. The van der Waals surface area contributed by atoms with Crippen LogP contribution in [0.5, 0.6) is 0 Å². The third-order valence-electron chi connectivity index (χ3n) is 6.28. The van der Waals surface area contributed by atoms with Crippen molar-refractivity contribution in [2.45, 2.75) is 39.5 Å². The molecule has 0 aliphatic carbocycles. The third-order valence-corrected chi connectivity index (χ3v) is 8.89. The molecule has 1 aliphatic rings.